The summed E-state index contributed by atoms with van der Waals surface area (Å²) in [4.78, 5) is 0. The first-order chi connectivity index (χ1) is 9.69. The molecule has 1 N–H and O–H groups in total. The molecular formula is C16H21N3O. The van der Waals surface area contributed by atoms with Crippen LogP contribution in [0.15, 0.2) is 18.2 Å². The second-order valence-corrected chi connectivity index (χ2v) is 5.41. The van der Waals surface area contributed by atoms with E-state index in [1.54, 1.807) is 0 Å². The van der Waals surface area contributed by atoms with Gasteiger partial charge in [-0.25, -0.2) is 4.68 Å². The second kappa shape index (κ2) is 5.29. The SMILES string of the molecule is CNCc1c(C)nn(C)c1Oc1ccc2c(c1)CCC2. The molecule has 20 heavy (non-hydrogen) atoms. The molecule has 0 atom stereocenters. The fourth-order valence-electron chi connectivity index (χ4n) is 2.91. The number of benzene rings is 1. The molecule has 1 aromatic carbocycles. The molecular weight excluding hydrogens is 250 g/mol. The lowest BCUT2D eigenvalue weighted by Gasteiger charge is -2.10. The van der Waals surface area contributed by atoms with E-state index in [4.69, 9.17) is 4.74 Å². The van der Waals surface area contributed by atoms with E-state index >= 15 is 0 Å². The maximum Gasteiger partial charge on any atom is 0.222 e. The quantitative estimate of drug-likeness (QED) is 0.929. The minimum absolute atomic E-state index is 0.764. The van der Waals surface area contributed by atoms with Crippen molar-refractivity contribution in [1.82, 2.24) is 15.1 Å². The molecule has 3 rings (SSSR count). The Morgan fingerprint density at radius 1 is 1.30 bits per heavy atom. The lowest BCUT2D eigenvalue weighted by atomic mass is 10.1. The van der Waals surface area contributed by atoms with Gasteiger partial charge in [0.05, 0.1) is 11.3 Å². The second-order valence-electron chi connectivity index (χ2n) is 5.41. The first-order valence-corrected chi connectivity index (χ1v) is 7.15. The smallest absolute Gasteiger partial charge is 0.222 e. The Labute approximate surface area is 119 Å². The van der Waals surface area contributed by atoms with Crippen molar-refractivity contribution in [2.45, 2.75) is 32.7 Å². The molecule has 0 aliphatic heterocycles. The van der Waals surface area contributed by atoms with Crippen molar-refractivity contribution in [2.24, 2.45) is 7.05 Å². The van der Waals surface area contributed by atoms with Crippen molar-refractivity contribution >= 4 is 0 Å². The molecule has 2 aromatic rings. The van der Waals surface area contributed by atoms with Crippen LogP contribution in [0.4, 0.5) is 0 Å². The summed E-state index contributed by atoms with van der Waals surface area (Å²) >= 11 is 0. The van der Waals surface area contributed by atoms with Crippen molar-refractivity contribution < 1.29 is 4.74 Å². The van der Waals surface area contributed by atoms with Crippen LogP contribution < -0.4 is 10.1 Å². The minimum atomic E-state index is 0.764. The normalized spacial score (nSPS) is 13.6. The molecule has 1 aromatic heterocycles. The van der Waals surface area contributed by atoms with Crippen LogP contribution in [0, 0.1) is 6.92 Å². The van der Waals surface area contributed by atoms with Crippen LogP contribution in [0.5, 0.6) is 11.6 Å². The van der Waals surface area contributed by atoms with Crippen LogP contribution in [-0.2, 0) is 26.4 Å². The zero-order chi connectivity index (χ0) is 14.1. The number of aromatic nitrogens is 2. The summed E-state index contributed by atoms with van der Waals surface area (Å²) < 4.78 is 7.91. The number of rotatable bonds is 4. The van der Waals surface area contributed by atoms with E-state index in [1.807, 2.05) is 25.7 Å². The summed E-state index contributed by atoms with van der Waals surface area (Å²) in [5, 5.41) is 7.62. The monoisotopic (exact) mass is 271 g/mol. The molecule has 4 heteroatoms. The van der Waals surface area contributed by atoms with Crippen molar-refractivity contribution in [3.63, 3.8) is 0 Å². The Hall–Kier alpha value is -1.81. The van der Waals surface area contributed by atoms with E-state index in [2.05, 4.69) is 28.6 Å². The van der Waals surface area contributed by atoms with Gasteiger partial charge in [-0.15, -0.1) is 0 Å². The third-order valence-corrected chi connectivity index (χ3v) is 3.93. The number of ether oxygens (including phenoxy) is 1. The highest BCUT2D eigenvalue weighted by Gasteiger charge is 2.16. The summed E-state index contributed by atoms with van der Waals surface area (Å²) in [6.45, 7) is 2.78. The van der Waals surface area contributed by atoms with Gasteiger partial charge in [-0.3, -0.25) is 0 Å². The van der Waals surface area contributed by atoms with E-state index < -0.39 is 0 Å². The molecule has 1 aliphatic carbocycles. The van der Waals surface area contributed by atoms with Crippen LogP contribution in [0.25, 0.3) is 0 Å². The number of hydrogen-bond donors (Lipinski definition) is 1. The third-order valence-electron chi connectivity index (χ3n) is 3.93. The molecule has 106 valence electrons. The maximum absolute atomic E-state index is 6.10. The molecule has 0 spiro atoms. The fourth-order valence-corrected chi connectivity index (χ4v) is 2.91. The fraction of sp³-hybridized carbons (Fsp3) is 0.438. The zero-order valence-electron chi connectivity index (χ0n) is 12.4. The molecule has 0 saturated carbocycles. The molecule has 0 bridgehead atoms. The molecule has 0 unspecified atom stereocenters. The van der Waals surface area contributed by atoms with Gasteiger partial charge in [0.25, 0.3) is 0 Å². The first-order valence-electron chi connectivity index (χ1n) is 7.15. The summed E-state index contributed by atoms with van der Waals surface area (Å²) in [7, 11) is 3.86. The van der Waals surface area contributed by atoms with Gasteiger partial charge in [-0.05, 0) is 56.5 Å². The summed E-state index contributed by atoms with van der Waals surface area (Å²) in [5.41, 5.74) is 5.03. The summed E-state index contributed by atoms with van der Waals surface area (Å²) in [6, 6.07) is 6.43. The van der Waals surface area contributed by atoms with Crippen LogP contribution in [0.2, 0.25) is 0 Å². The van der Waals surface area contributed by atoms with E-state index in [0.717, 1.165) is 29.4 Å². The van der Waals surface area contributed by atoms with Gasteiger partial charge < -0.3 is 10.1 Å². The largest absolute Gasteiger partial charge is 0.439 e. The molecule has 4 nitrogen and oxygen atoms in total. The molecule has 0 amide bonds. The molecule has 1 heterocycles. The Bertz CT molecular complexity index is 631. The Morgan fingerprint density at radius 3 is 2.90 bits per heavy atom. The molecule has 0 radical (unpaired) electrons. The van der Waals surface area contributed by atoms with E-state index in [-0.39, 0.29) is 0 Å². The number of hydrogen-bond acceptors (Lipinski definition) is 3. The average molecular weight is 271 g/mol. The first kappa shape index (κ1) is 13.2. The van der Waals surface area contributed by atoms with Gasteiger partial charge in [0, 0.05) is 13.6 Å². The van der Waals surface area contributed by atoms with E-state index in [9.17, 15) is 0 Å². The van der Waals surface area contributed by atoms with Crippen LogP contribution in [-0.4, -0.2) is 16.8 Å². The number of aryl methyl sites for hydroxylation is 4. The number of nitrogens with zero attached hydrogens (tertiary/aromatic N) is 2. The Balaban J connectivity index is 1.91. The van der Waals surface area contributed by atoms with Gasteiger partial charge >= 0.3 is 0 Å². The predicted molar refractivity (Wildman–Crippen MR) is 79.2 cm³/mol. The topological polar surface area (TPSA) is 39.1 Å². The highest BCUT2D eigenvalue weighted by atomic mass is 16.5. The average Bonchev–Trinajstić information content (AvgIpc) is 2.98. The molecule has 0 saturated heterocycles. The van der Waals surface area contributed by atoms with Gasteiger partial charge in [-0.1, -0.05) is 6.07 Å². The van der Waals surface area contributed by atoms with Crippen molar-refractivity contribution in [2.75, 3.05) is 7.05 Å². The standard InChI is InChI=1S/C16H21N3O/c1-11-15(10-17-2)16(19(3)18-11)20-14-8-7-12-5-4-6-13(12)9-14/h7-9,17H,4-6,10H2,1-3H3. The Morgan fingerprint density at radius 2 is 2.10 bits per heavy atom. The van der Waals surface area contributed by atoms with Gasteiger partial charge in [0.1, 0.15) is 5.75 Å². The maximum atomic E-state index is 6.10. The van der Waals surface area contributed by atoms with E-state index in [0.29, 0.717) is 0 Å². The highest BCUT2D eigenvalue weighted by Crippen LogP contribution is 2.31. The lowest BCUT2D eigenvalue weighted by Crippen LogP contribution is -2.07. The Kier molecular flexibility index (Phi) is 3.49. The van der Waals surface area contributed by atoms with Crippen LogP contribution >= 0.6 is 0 Å². The third kappa shape index (κ3) is 2.31. The van der Waals surface area contributed by atoms with Gasteiger partial charge in [-0.2, -0.15) is 5.10 Å². The van der Waals surface area contributed by atoms with E-state index in [1.165, 1.54) is 30.4 Å². The van der Waals surface area contributed by atoms with Gasteiger partial charge in [0.15, 0.2) is 0 Å². The molecule has 1 aliphatic rings. The lowest BCUT2D eigenvalue weighted by molar-refractivity contribution is 0.424. The van der Waals surface area contributed by atoms with Crippen molar-refractivity contribution in [1.29, 1.82) is 0 Å². The zero-order valence-corrected chi connectivity index (χ0v) is 12.4. The number of fused-ring (bicyclic) bond motifs is 1. The summed E-state index contributed by atoms with van der Waals surface area (Å²) in [6.07, 6.45) is 3.63. The van der Waals surface area contributed by atoms with Crippen LogP contribution in [0.3, 0.4) is 0 Å². The van der Waals surface area contributed by atoms with Crippen molar-refractivity contribution in [3.05, 3.63) is 40.6 Å². The van der Waals surface area contributed by atoms with Crippen molar-refractivity contribution in [3.8, 4) is 11.6 Å². The molecule has 0 fully saturated rings. The number of nitrogens with one attached hydrogen (secondary N) is 1. The summed E-state index contributed by atoms with van der Waals surface area (Å²) in [5.74, 6) is 1.74. The predicted octanol–water partition coefficient (Wildman–Crippen LogP) is 2.73. The van der Waals surface area contributed by atoms with Gasteiger partial charge in [0.2, 0.25) is 5.88 Å². The highest BCUT2D eigenvalue weighted by molar-refractivity contribution is 5.41. The minimum Gasteiger partial charge on any atom is -0.439 e. The van der Waals surface area contributed by atoms with Crippen LogP contribution in [0.1, 0.15) is 28.8 Å².